The molecular formula is C23H53ClN5P. The van der Waals surface area contributed by atoms with Crippen molar-refractivity contribution in [1.29, 1.82) is 0 Å². The van der Waals surface area contributed by atoms with Gasteiger partial charge < -0.3 is 0 Å². The second-order valence-corrected chi connectivity index (χ2v) is 14.6. The number of unbranched alkanes of at least 4 members (excludes halogenated alkanes) is 3. The number of halogens is 1. The molecular weight excluding hydrogens is 413 g/mol. The monoisotopic (exact) mass is 465 g/mol. The van der Waals surface area contributed by atoms with E-state index < -0.39 is 6.56 Å². The molecule has 1 rings (SSSR count). The summed E-state index contributed by atoms with van der Waals surface area (Å²) in [6, 6.07) is 0. The Morgan fingerprint density at radius 1 is 0.633 bits per heavy atom. The molecule has 182 valence electrons. The third kappa shape index (κ3) is 5.90. The quantitative estimate of drug-likeness (QED) is 0.260. The summed E-state index contributed by atoms with van der Waals surface area (Å²) >= 11 is 8.45. The van der Waals surface area contributed by atoms with Gasteiger partial charge in [-0.3, -0.25) is 0 Å². The van der Waals surface area contributed by atoms with Crippen LogP contribution in [0.1, 0.15) is 80.1 Å². The van der Waals surface area contributed by atoms with Crippen molar-refractivity contribution in [3.63, 3.8) is 0 Å². The molecule has 0 N–H and O–H groups in total. The summed E-state index contributed by atoms with van der Waals surface area (Å²) in [7, 11) is 2.25. The van der Waals surface area contributed by atoms with Gasteiger partial charge in [-0.05, 0) is 0 Å². The van der Waals surface area contributed by atoms with Crippen LogP contribution in [0.3, 0.4) is 0 Å². The molecule has 0 atom stereocenters. The summed E-state index contributed by atoms with van der Waals surface area (Å²) in [6.07, 6.45) is 7.27. The summed E-state index contributed by atoms with van der Waals surface area (Å²) in [6.45, 7) is 21.4. The predicted octanol–water partition coefficient (Wildman–Crippen LogP) is 5.97. The van der Waals surface area contributed by atoms with E-state index in [1.807, 2.05) is 0 Å². The van der Waals surface area contributed by atoms with Gasteiger partial charge in [0.1, 0.15) is 0 Å². The number of piperazine rings is 1. The Kier molecular flexibility index (Phi) is 13.3. The third-order valence-corrected chi connectivity index (χ3v) is 15.1. The van der Waals surface area contributed by atoms with Gasteiger partial charge in [-0.2, -0.15) is 0 Å². The zero-order valence-corrected chi connectivity index (χ0v) is 23.0. The summed E-state index contributed by atoms with van der Waals surface area (Å²) in [5, 5.41) is 0. The molecule has 0 amide bonds. The number of likely N-dealkylation sites (N-methyl/N-ethyl adjacent to an activating group) is 1. The molecule has 1 fully saturated rings. The first-order chi connectivity index (χ1) is 14.4. The topological polar surface area (TPSA) is 16.2 Å². The fraction of sp³-hybridized carbons (Fsp3) is 1.00. The molecule has 0 spiro atoms. The molecule has 0 unspecified atom stereocenters. The molecule has 1 heterocycles. The average Bonchev–Trinajstić information content (AvgIpc) is 2.75. The first kappa shape index (κ1) is 28.6. The molecule has 7 heteroatoms. The van der Waals surface area contributed by atoms with E-state index in [1.165, 1.54) is 38.5 Å². The van der Waals surface area contributed by atoms with Crippen LogP contribution in [0.5, 0.6) is 0 Å². The van der Waals surface area contributed by atoms with Crippen LogP contribution in [0.25, 0.3) is 0 Å². The molecule has 0 aliphatic carbocycles. The van der Waals surface area contributed by atoms with Gasteiger partial charge >= 0.3 is 194 Å². The van der Waals surface area contributed by atoms with Crippen molar-refractivity contribution in [2.75, 3.05) is 72.5 Å². The Bertz CT molecular complexity index is 401. The van der Waals surface area contributed by atoms with Crippen LogP contribution in [-0.2, 0) is 0 Å². The minimum absolute atomic E-state index is 1.01. The van der Waals surface area contributed by atoms with E-state index in [0.29, 0.717) is 0 Å². The Morgan fingerprint density at radius 3 is 1.23 bits per heavy atom. The summed E-state index contributed by atoms with van der Waals surface area (Å²) in [5.41, 5.74) is 0. The van der Waals surface area contributed by atoms with Crippen molar-refractivity contribution in [2.24, 2.45) is 0 Å². The SMILES string of the molecule is CCCCN(CC)P(Cl)(N(CC)CCCC)(N(CC)CCCC)N1CCN(C)CC1. The molecule has 0 bridgehead atoms. The molecule has 30 heavy (non-hydrogen) atoms. The maximum atomic E-state index is 8.45. The number of rotatable bonds is 16. The van der Waals surface area contributed by atoms with E-state index in [1.54, 1.807) is 0 Å². The van der Waals surface area contributed by atoms with Crippen LogP contribution in [-0.4, -0.2) is 96.1 Å². The van der Waals surface area contributed by atoms with E-state index in [2.05, 4.69) is 72.2 Å². The van der Waals surface area contributed by atoms with Crippen molar-refractivity contribution in [3.8, 4) is 0 Å². The molecule has 1 saturated heterocycles. The first-order valence-corrected chi connectivity index (χ1v) is 15.8. The second kappa shape index (κ2) is 13.9. The van der Waals surface area contributed by atoms with Gasteiger partial charge in [-0.25, -0.2) is 0 Å². The van der Waals surface area contributed by atoms with Crippen LogP contribution >= 0.6 is 17.8 Å². The van der Waals surface area contributed by atoms with E-state index >= 15 is 0 Å². The standard InChI is InChI=1S/C23H53ClN5P/c1-8-14-17-26(11-4)30(24,27(12-5)18-15-9-2,28(13-6)19-16-10-3)29-22-20-25(7)21-23-29/h8-23H2,1-7H3. The van der Waals surface area contributed by atoms with Crippen molar-refractivity contribution < 1.29 is 0 Å². The van der Waals surface area contributed by atoms with E-state index in [9.17, 15) is 0 Å². The van der Waals surface area contributed by atoms with E-state index in [0.717, 1.165) is 65.4 Å². The fourth-order valence-corrected chi connectivity index (χ4v) is 13.0. The van der Waals surface area contributed by atoms with Crippen LogP contribution in [0.2, 0.25) is 0 Å². The Morgan fingerprint density at radius 2 is 0.967 bits per heavy atom. The zero-order valence-electron chi connectivity index (χ0n) is 21.4. The second-order valence-electron chi connectivity index (χ2n) is 8.80. The normalized spacial score (nSPS) is 18.4. The maximum absolute atomic E-state index is 8.45. The molecule has 5 nitrogen and oxygen atoms in total. The minimum atomic E-state index is -3.17. The van der Waals surface area contributed by atoms with Crippen LogP contribution < -0.4 is 0 Å². The van der Waals surface area contributed by atoms with Gasteiger partial charge in [0.2, 0.25) is 0 Å². The Hall–Kier alpha value is 0.520. The molecule has 0 radical (unpaired) electrons. The van der Waals surface area contributed by atoms with Crippen molar-refractivity contribution >= 4 is 17.8 Å². The first-order valence-electron chi connectivity index (χ1n) is 12.8. The van der Waals surface area contributed by atoms with Crippen LogP contribution in [0, 0.1) is 0 Å². The van der Waals surface area contributed by atoms with Gasteiger partial charge in [0, 0.05) is 0 Å². The van der Waals surface area contributed by atoms with Crippen molar-refractivity contribution in [1.82, 2.24) is 23.6 Å². The van der Waals surface area contributed by atoms with E-state index in [4.69, 9.17) is 11.2 Å². The van der Waals surface area contributed by atoms with Crippen LogP contribution in [0.4, 0.5) is 0 Å². The van der Waals surface area contributed by atoms with Gasteiger partial charge in [0.25, 0.3) is 0 Å². The fourth-order valence-electron chi connectivity index (χ4n) is 4.95. The molecule has 0 saturated carbocycles. The van der Waals surface area contributed by atoms with Gasteiger partial charge in [-0.1, -0.05) is 0 Å². The molecule has 1 aliphatic rings. The third-order valence-electron chi connectivity index (χ3n) is 6.83. The van der Waals surface area contributed by atoms with Crippen LogP contribution in [0.15, 0.2) is 0 Å². The van der Waals surface area contributed by atoms with Gasteiger partial charge in [0.05, 0.1) is 0 Å². The van der Waals surface area contributed by atoms with Crippen molar-refractivity contribution in [3.05, 3.63) is 0 Å². The summed E-state index contributed by atoms with van der Waals surface area (Å²) in [5.74, 6) is 0. The van der Waals surface area contributed by atoms with Crippen molar-refractivity contribution in [2.45, 2.75) is 80.1 Å². The summed E-state index contributed by atoms with van der Waals surface area (Å²) < 4.78 is 11.0. The molecule has 0 aromatic rings. The average molecular weight is 466 g/mol. The Balaban J connectivity index is 3.67. The number of nitrogens with zero attached hydrogens (tertiary/aromatic N) is 5. The van der Waals surface area contributed by atoms with E-state index in [-0.39, 0.29) is 0 Å². The number of hydrogen-bond acceptors (Lipinski definition) is 5. The van der Waals surface area contributed by atoms with Gasteiger partial charge in [-0.15, -0.1) is 0 Å². The molecule has 1 aliphatic heterocycles. The predicted molar refractivity (Wildman–Crippen MR) is 138 cm³/mol. The Labute approximate surface area is 194 Å². The summed E-state index contributed by atoms with van der Waals surface area (Å²) in [4.78, 5) is 2.46. The van der Waals surface area contributed by atoms with Gasteiger partial charge in [0.15, 0.2) is 0 Å². The molecule has 0 aromatic heterocycles. The number of hydrogen-bond donors (Lipinski definition) is 0. The molecule has 0 aromatic carbocycles. The zero-order chi connectivity index (χ0) is 22.6.